The Morgan fingerprint density at radius 2 is 2.47 bits per heavy atom. The average molecular weight is 231 g/mol. The van der Waals surface area contributed by atoms with Crippen LogP contribution in [0.25, 0.3) is 0 Å². The lowest BCUT2D eigenvalue weighted by Gasteiger charge is -2.10. The van der Waals surface area contributed by atoms with Gasteiger partial charge in [-0.25, -0.2) is 9.97 Å². The van der Waals surface area contributed by atoms with Gasteiger partial charge in [0.15, 0.2) is 0 Å². The van der Waals surface area contributed by atoms with Crippen LogP contribution in [0.2, 0.25) is 0 Å². The fourth-order valence-corrected chi connectivity index (χ4v) is 2.07. The topological polar surface area (TPSA) is 73.6 Å². The van der Waals surface area contributed by atoms with Gasteiger partial charge in [-0.3, -0.25) is 0 Å². The predicted octanol–water partition coefficient (Wildman–Crippen LogP) is 1.21. The number of anilines is 1. The van der Waals surface area contributed by atoms with Gasteiger partial charge in [-0.15, -0.1) is 0 Å². The molecule has 0 radical (unpaired) electrons. The standard InChI is InChI=1S/C12H17N5/c1-9-7-11(8-13)17-12(16-9)15-6-4-10-3-2-5-14-10/h7,10,14H,2-6H2,1H3,(H,15,16,17)/t10-/m1/s1. The zero-order chi connectivity index (χ0) is 12.1. The Bertz CT molecular complexity index is 417. The minimum Gasteiger partial charge on any atom is -0.354 e. The number of hydrogen-bond acceptors (Lipinski definition) is 5. The van der Waals surface area contributed by atoms with Crippen LogP contribution in [0.4, 0.5) is 5.95 Å². The van der Waals surface area contributed by atoms with Crippen LogP contribution in [0.5, 0.6) is 0 Å². The van der Waals surface area contributed by atoms with E-state index in [0.717, 1.165) is 25.2 Å². The second kappa shape index (κ2) is 5.60. The van der Waals surface area contributed by atoms with E-state index in [4.69, 9.17) is 5.26 Å². The van der Waals surface area contributed by atoms with Crippen LogP contribution in [-0.4, -0.2) is 29.1 Å². The number of hydrogen-bond donors (Lipinski definition) is 2. The van der Waals surface area contributed by atoms with Crippen LogP contribution < -0.4 is 10.6 Å². The highest BCUT2D eigenvalue weighted by Crippen LogP contribution is 2.09. The summed E-state index contributed by atoms with van der Waals surface area (Å²) < 4.78 is 0. The van der Waals surface area contributed by atoms with E-state index < -0.39 is 0 Å². The van der Waals surface area contributed by atoms with Crippen LogP contribution in [0.3, 0.4) is 0 Å². The molecule has 1 aliphatic rings. The van der Waals surface area contributed by atoms with Gasteiger partial charge in [0.1, 0.15) is 11.8 Å². The van der Waals surface area contributed by atoms with Crippen LogP contribution in [0, 0.1) is 18.3 Å². The monoisotopic (exact) mass is 231 g/mol. The summed E-state index contributed by atoms with van der Waals surface area (Å²) in [5.74, 6) is 0.555. The van der Waals surface area contributed by atoms with E-state index in [1.54, 1.807) is 6.07 Å². The molecule has 1 fully saturated rings. The van der Waals surface area contributed by atoms with Crippen molar-refractivity contribution in [2.75, 3.05) is 18.4 Å². The summed E-state index contributed by atoms with van der Waals surface area (Å²) in [7, 11) is 0. The lowest BCUT2D eigenvalue weighted by atomic mass is 10.1. The molecule has 2 heterocycles. The average Bonchev–Trinajstić information content (AvgIpc) is 2.81. The van der Waals surface area contributed by atoms with Crippen molar-refractivity contribution in [3.05, 3.63) is 17.5 Å². The van der Waals surface area contributed by atoms with Gasteiger partial charge in [-0.1, -0.05) is 0 Å². The largest absolute Gasteiger partial charge is 0.354 e. The Kier molecular flexibility index (Phi) is 3.89. The molecule has 90 valence electrons. The van der Waals surface area contributed by atoms with Gasteiger partial charge in [-0.2, -0.15) is 5.26 Å². The first-order valence-corrected chi connectivity index (χ1v) is 6.01. The molecule has 1 atom stereocenters. The molecule has 0 spiro atoms. The molecule has 1 saturated heterocycles. The summed E-state index contributed by atoms with van der Waals surface area (Å²) in [6.45, 7) is 3.84. The van der Waals surface area contributed by atoms with E-state index in [1.165, 1.54) is 12.8 Å². The van der Waals surface area contributed by atoms with Crippen molar-refractivity contribution < 1.29 is 0 Å². The van der Waals surface area contributed by atoms with Gasteiger partial charge in [0.05, 0.1) is 0 Å². The molecule has 2 rings (SSSR count). The van der Waals surface area contributed by atoms with Crippen molar-refractivity contribution in [3.63, 3.8) is 0 Å². The molecule has 0 aliphatic carbocycles. The quantitative estimate of drug-likeness (QED) is 0.814. The van der Waals surface area contributed by atoms with Crippen molar-refractivity contribution in [1.29, 1.82) is 5.26 Å². The molecular formula is C12H17N5. The van der Waals surface area contributed by atoms with Gasteiger partial charge in [0, 0.05) is 18.3 Å². The third-order valence-electron chi connectivity index (χ3n) is 2.91. The zero-order valence-corrected chi connectivity index (χ0v) is 10.0. The summed E-state index contributed by atoms with van der Waals surface area (Å²) in [4.78, 5) is 8.36. The van der Waals surface area contributed by atoms with E-state index in [1.807, 2.05) is 13.0 Å². The molecule has 1 aliphatic heterocycles. The SMILES string of the molecule is Cc1cc(C#N)nc(NCC[C@H]2CCCN2)n1. The molecule has 0 aromatic carbocycles. The molecule has 0 saturated carbocycles. The lowest BCUT2D eigenvalue weighted by Crippen LogP contribution is -2.24. The highest BCUT2D eigenvalue weighted by atomic mass is 15.1. The molecule has 2 N–H and O–H groups in total. The van der Waals surface area contributed by atoms with Gasteiger partial charge in [-0.05, 0) is 38.8 Å². The van der Waals surface area contributed by atoms with E-state index in [-0.39, 0.29) is 0 Å². The second-order valence-corrected chi connectivity index (χ2v) is 4.34. The Morgan fingerprint density at radius 3 is 3.18 bits per heavy atom. The maximum atomic E-state index is 8.81. The maximum absolute atomic E-state index is 8.81. The first kappa shape index (κ1) is 11.8. The van der Waals surface area contributed by atoms with Crippen molar-refractivity contribution in [2.45, 2.75) is 32.2 Å². The molecule has 0 bridgehead atoms. The Labute approximate surface area is 101 Å². The van der Waals surface area contributed by atoms with E-state index in [2.05, 4.69) is 20.6 Å². The molecule has 1 aromatic rings. The number of nitriles is 1. The molecule has 0 amide bonds. The number of aryl methyl sites for hydroxylation is 1. The van der Waals surface area contributed by atoms with Crippen molar-refractivity contribution in [2.24, 2.45) is 0 Å². The molecule has 5 heteroatoms. The van der Waals surface area contributed by atoms with E-state index in [9.17, 15) is 0 Å². The smallest absolute Gasteiger partial charge is 0.224 e. The number of nitrogens with one attached hydrogen (secondary N) is 2. The Hall–Kier alpha value is -1.67. The number of rotatable bonds is 4. The molecule has 5 nitrogen and oxygen atoms in total. The van der Waals surface area contributed by atoms with Crippen LogP contribution >= 0.6 is 0 Å². The van der Waals surface area contributed by atoms with Gasteiger partial charge in [0.2, 0.25) is 5.95 Å². The summed E-state index contributed by atoms with van der Waals surface area (Å²) in [6.07, 6.45) is 3.59. The van der Waals surface area contributed by atoms with Crippen molar-refractivity contribution in [1.82, 2.24) is 15.3 Å². The van der Waals surface area contributed by atoms with Crippen LogP contribution in [-0.2, 0) is 0 Å². The van der Waals surface area contributed by atoms with Crippen molar-refractivity contribution >= 4 is 5.95 Å². The van der Waals surface area contributed by atoms with Gasteiger partial charge < -0.3 is 10.6 Å². The minimum absolute atomic E-state index is 0.416. The normalized spacial score (nSPS) is 18.9. The third kappa shape index (κ3) is 3.40. The van der Waals surface area contributed by atoms with E-state index in [0.29, 0.717) is 17.7 Å². The second-order valence-electron chi connectivity index (χ2n) is 4.34. The fraction of sp³-hybridized carbons (Fsp3) is 0.583. The minimum atomic E-state index is 0.416. The van der Waals surface area contributed by atoms with Gasteiger partial charge in [0.25, 0.3) is 0 Å². The highest BCUT2D eigenvalue weighted by Gasteiger charge is 2.13. The first-order valence-electron chi connectivity index (χ1n) is 6.01. The zero-order valence-electron chi connectivity index (χ0n) is 10.0. The Balaban J connectivity index is 1.85. The first-order chi connectivity index (χ1) is 8.28. The van der Waals surface area contributed by atoms with Crippen molar-refractivity contribution in [3.8, 4) is 6.07 Å². The predicted molar refractivity (Wildman–Crippen MR) is 65.6 cm³/mol. The fourth-order valence-electron chi connectivity index (χ4n) is 2.07. The highest BCUT2D eigenvalue weighted by molar-refractivity contribution is 5.32. The summed E-state index contributed by atoms with van der Waals surface area (Å²) in [6, 6.07) is 4.33. The maximum Gasteiger partial charge on any atom is 0.224 e. The van der Waals surface area contributed by atoms with E-state index >= 15 is 0 Å². The molecule has 17 heavy (non-hydrogen) atoms. The molecular weight excluding hydrogens is 214 g/mol. The Morgan fingerprint density at radius 1 is 1.59 bits per heavy atom. The third-order valence-corrected chi connectivity index (χ3v) is 2.91. The lowest BCUT2D eigenvalue weighted by molar-refractivity contribution is 0.573. The summed E-state index contributed by atoms with van der Waals surface area (Å²) in [5, 5.41) is 15.4. The van der Waals surface area contributed by atoms with Crippen LogP contribution in [0.1, 0.15) is 30.7 Å². The molecule has 0 unspecified atom stereocenters. The van der Waals surface area contributed by atoms with Crippen LogP contribution in [0.15, 0.2) is 6.07 Å². The van der Waals surface area contributed by atoms with Gasteiger partial charge >= 0.3 is 0 Å². The number of nitrogens with zero attached hydrogens (tertiary/aromatic N) is 3. The number of aromatic nitrogens is 2. The summed E-state index contributed by atoms with van der Waals surface area (Å²) >= 11 is 0. The molecule has 1 aromatic heterocycles. The summed E-state index contributed by atoms with van der Waals surface area (Å²) in [5.41, 5.74) is 1.23.